The highest BCUT2D eigenvalue weighted by Gasteiger charge is 2.20. The van der Waals surface area contributed by atoms with Gasteiger partial charge in [-0.3, -0.25) is 38.4 Å². The third-order valence-corrected chi connectivity index (χ3v) is 7.21. The molecule has 0 aromatic carbocycles. The smallest absolute Gasteiger partial charge is 0.246 e. The number of nitrogens with one attached hydrogen (secondary N) is 4. The summed E-state index contributed by atoms with van der Waals surface area (Å²) in [6, 6.07) is -1.37. The number of ketones is 3. The SMILES string of the molecule is CS(=O)(=O)c1ncc(C#CCCCC(=O)NCCC(=O)CCC(=O)CCC(=O)CCC(=O)NCC(=O)NC(CO)C(=O)NCC(N)=O)cn1. The number of nitrogens with two attached hydrogens (primary N) is 1. The zero-order chi connectivity index (χ0) is 36.8. The first-order valence-electron chi connectivity index (χ1n) is 15.2. The number of aliphatic hydroxyl groups is 1. The molecule has 1 heterocycles. The number of aliphatic hydroxyl groups excluding tert-OH is 1. The molecule has 1 aromatic heterocycles. The second-order valence-electron chi connectivity index (χ2n) is 10.7. The summed E-state index contributed by atoms with van der Waals surface area (Å²) in [4.78, 5) is 102. The zero-order valence-electron chi connectivity index (χ0n) is 27.0. The van der Waals surface area contributed by atoms with Crippen LogP contribution in [-0.4, -0.2) is 109 Å². The summed E-state index contributed by atoms with van der Waals surface area (Å²) in [7, 11) is -3.50. The Hall–Kier alpha value is -5.09. The van der Waals surface area contributed by atoms with Gasteiger partial charge in [0.1, 0.15) is 23.4 Å². The van der Waals surface area contributed by atoms with Crippen molar-refractivity contribution in [1.29, 1.82) is 0 Å². The Kier molecular flexibility index (Phi) is 19.2. The summed E-state index contributed by atoms with van der Waals surface area (Å²) in [5.41, 5.74) is 5.34. The molecule has 1 aromatic rings. The maximum Gasteiger partial charge on any atom is 0.246 e. The maximum absolute atomic E-state index is 12.1. The van der Waals surface area contributed by atoms with E-state index in [0.29, 0.717) is 18.4 Å². The highest BCUT2D eigenvalue weighted by Crippen LogP contribution is 2.05. The molecule has 0 spiro atoms. The third-order valence-electron chi connectivity index (χ3n) is 6.34. The molecule has 1 unspecified atom stereocenters. The van der Waals surface area contributed by atoms with Gasteiger partial charge >= 0.3 is 0 Å². The fraction of sp³-hybridized carbons (Fsp3) is 0.533. The Morgan fingerprint density at radius 3 is 1.88 bits per heavy atom. The van der Waals surface area contributed by atoms with Gasteiger partial charge < -0.3 is 32.1 Å². The molecule has 0 aliphatic rings. The van der Waals surface area contributed by atoms with Crippen LogP contribution >= 0.6 is 0 Å². The van der Waals surface area contributed by atoms with Gasteiger partial charge in [0.05, 0.1) is 25.3 Å². The molecule has 1 rings (SSSR count). The molecular formula is C30H41N7O11S. The summed E-state index contributed by atoms with van der Waals surface area (Å²) >= 11 is 0. The number of sulfone groups is 1. The lowest BCUT2D eigenvalue weighted by atomic mass is 10.0. The average molecular weight is 708 g/mol. The minimum atomic E-state index is -3.50. The molecule has 0 fully saturated rings. The molecule has 49 heavy (non-hydrogen) atoms. The van der Waals surface area contributed by atoms with Gasteiger partial charge in [-0.2, -0.15) is 0 Å². The van der Waals surface area contributed by atoms with Crippen molar-refractivity contribution in [2.45, 2.75) is 75.4 Å². The molecule has 0 aliphatic heterocycles. The fourth-order valence-electron chi connectivity index (χ4n) is 3.69. The van der Waals surface area contributed by atoms with Crippen LogP contribution in [0.1, 0.15) is 69.8 Å². The third kappa shape index (κ3) is 20.0. The van der Waals surface area contributed by atoms with E-state index in [0.717, 1.165) is 6.26 Å². The Morgan fingerprint density at radius 2 is 1.33 bits per heavy atom. The Labute approximate surface area is 283 Å². The van der Waals surface area contributed by atoms with Crippen LogP contribution in [-0.2, 0) is 48.2 Å². The van der Waals surface area contributed by atoms with E-state index in [1.165, 1.54) is 12.4 Å². The monoisotopic (exact) mass is 707 g/mol. The van der Waals surface area contributed by atoms with Crippen molar-refractivity contribution in [2.75, 3.05) is 32.5 Å². The van der Waals surface area contributed by atoms with Gasteiger partial charge in [-0.1, -0.05) is 11.8 Å². The Bertz CT molecular complexity index is 1530. The fourth-order valence-corrected chi connectivity index (χ4v) is 4.18. The molecule has 7 N–H and O–H groups in total. The van der Waals surface area contributed by atoms with Crippen molar-refractivity contribution in [3.8, 4) is 11.8 Å². The number of aromatic nitrogens is 2. The van der Waals surface area contributed by atoms with Crippen LogP contribution in [0.25, 0.3) is 0 Å². The minimum absolute atomic E-state index is 0.0392. The zero-order valence-corrected chi connectivity index (χ0v) is 27.9. The summed E-state index contributed by atoms with van der Waals surface area (Å²) in [6.07, 6.45) is 3.91. The summed E-state index contributed by atoms with van der Waals surface area (Å²) in [5, 5.41) is 18.1. The van der Waals surface area contributed by atoms with Crippen LogP contribution in [0, 0.1) is 11.8 Å². The van der Waals surface area contributed by atoms with E-state index in [4.69, 9.17) is 5.73 Å². The van der Waals surface area contributed by atoms with Crippen molar-refractivity contribution in [2.24, 2.45) is 5.73 Å². The van der Waals surface area contributed by atoms with Gasteiger partial charge in [0.25, 0.3) is 0 Å². The van der Waals surface area contributed by atoms with Gasteiger partial charge in [-0.15, -0.1) is 0 Å². The minimum Gasteiger partial charge on any atom is -0.394 e. The molecule has 18 nitrogen and oxygen atoms in total. The highest BCUT2D eigenvalue weighted by molar-refractivity contribution is 7.90. The first-order valence-corrected chi connectivity index (χ1v) is 17.1. The lowest BCUT2D eigenvalue weighted by molar-refractivity contribution is -0.131. The van der Waals surface area contributed by atoms with Crippen molar-refractivity contribution in [3.05, 3.63) is 18.0 Å². The van der Waals surface area contributed by atoms with Gasteiger partial charge in [-0.05, 0) is 6.42 Å². The van der Waals surface area contributed by atoms with E-state index in [9.17, 15) is 51.9 Å². The van der Waals surface area contributed by atoms with Crippen molar-refractivity contribution in [1.82, 2.24) is 31.2 Å². The molecule has 0 bridgehead atoms. The molecule has 0 saturated heterocycles. The number of carbonyl (C=O) groups is 8. The molecule has 0 aliphatic carbocycles. The number of rotatable bonds is 23. The van der Waals surface area contributed by atoms with Gasteiger partial charge in [0, 0.05) is 83.0 Å². The van der Waals surface area contributed by atoms with Gasteiger partial charge in [-0.25, -0.2) is 18.4 Å². The molecule has 1 atom stereocenters. The number of hydrogen-bond acceptors (Lipinski definition) is 13. The number of primary amides is 1. The van der Waals surface area contributed by atoms with Crippen molar-refractivity contribution in [3.63, 3.8) is 0 Å². The van der Waals surface area contributed by atoms with Crippen LogP contribution in [0.3, 0.4) is 0 Å². The number of Topliss-reactive ketones (excluding diaryl/α,β-unsaturated/α-hetero) is 3. The number of hydrogen-bond donors (Lipinski definition) is 6. The first kappa shape index (κ1) is 41.9. The standard InChI is InChI=1S/C30H41N7O11S/c1-49(47,48)30-35-15-20(16-36-30)5-3-2-4-6-26(43)32-14-13-23(41)10-9-21(39)7-8-22(40)11-12-27(44)33-18-28(45)37-24(19-38)29(46)34-17-25(31)42/h15-16,24,38H,2,4,6-14,17-19H2,1H3,(H2,31,42)(H,32,43)(H,33,44)(H,34,46)(H,37,45). The predicted molar refractivity (Wildman–Crippen MR) is 170 cm³/mol. The van der Waals surface area contributed by atoms with Crippen LogP contribution in [0.2, 0.25) is 0 Å². The lowest BCUT2D eigenvalue weighted by Crippen LogP contribution is -2.52. The second-order valence-corrected chi connectivity index (χ2v) is 12.6. The summed E-state index contributed by atoms with van der Waals surface area (Å²) < 4.78 is 22.7. The Balaban J connectivity index is 2.15. The summed E-state index contributed by atoms with van der Waals surface area (Å²) in [6.45, 7) is -1.69. The van der Waals surface area contributed by atoms with E-state index in [-0.39, 0.29) is 86.3 Å². The molecule has 0 radical (unpaired) electrons. The normalized spacial score (nSPS) is 11.2. The van der Waals surface area contributed by atoms with Gasteiger partial charge in [0.2, 0.25) is 44.5 Å². The molecule has 5 amide bonds. The first-order chi connectivity index (χ1) is 23.1. The lowest BCUT2D eigenvalue weighted by Gasteiger charge is -2.15. The quantitative estimate of drug-likeness (QED) is 0.0380. The number of nitrogens with zero attached hydrogens (tertiary/aromatic N) is 2. The highest BCUT2D eigenvalue weighted by atomic mass is 32.2. The molecule has 0 saturated carbocycles. The average Bonchev–Trinajstić information content (AvgIpc) is 3.05. The largest absolute Gasteiger partial charge is 0.394 e. The van der Waals surface area contributed by atoms with E-state index in [1.54, 1.807) is 0 Å². The molecule has 19 heteroatoms. The number of amides is 5. The summed E-state index contributed by atoms with van der Waals surface area (Å²) in [5.74, 6) is 1.36. The van der Waals surface area contributed by atoms with E-state index < -0.39 is 59.2 Å². The van der Waals surface area contributed by atoms with Gasteiger partial charge in [0.15, 0.2) is 0 Å². The van der Waals surface area contributed by atoms with Crippen molar-refractivity contribution >= 4 is 56.7 Å². The van der Waals surface area contributed by atoms with Crippen LogP contribution in [0.5, 0.6) is 0 Å². The number of unbranched alkanes of at least 4 members (excludes halogenated alkanes) is 1. The van der Waals surface area contributed by atoms with Crippen molar-refractivity contribution < 1.29 is 51.9 Å². The topological polar surface area (TPSA) is 291 Å². The molecule has 268 valence electrons. The predicted octanol–water partition coefficient (Wildman–Crippen LogP) is -2.85. The van der Waals surface area contributed by atoms with E-state index >= 15 is 0 Å². The van der Waals surface area contributed by atoms with E-state index in [2.05, 4.69) is 43.1 Å². The molecular weight excluding hydrogens is 666 g/mol. The van der Waals surface area contributed by atoms with Crippen LogP contribution in [0.4, 0.5) is 0 Å². The van der Waals surface area contributed by atoms with Crippen LogP contribution in [0.15, 0.2) is 17.6 Å². The van der Waals surface area contributed by atoms with E-state index in [1.807, 2.05) is 0 Å². The second kappa shape index (κ2) is 22.5. The maximum atomic E-state index is 12.1. The number of carbonyl (C=O) groups excluding carboxylic acids is 8. The Morgan fingerprint density at radius 1 is 0.776 bits per heavy atom. The van der Waals surface area contributed by atoms with Crippen LogP contribution < -0.4 is 27.0 Å².